The summed E-state index contributed by atoms with van der Waals surface area (Å²) in [5.74, 6) is -0.0343. The van der Waals surface area contributed by atoms with Crippen molar-refractivity contribution in [2.24, 2.45) is 22.0 Å². The molecule has 15 heavy (non-hydrogen) atoms. The zero-order valence-electron chi connectivity index (χ0n) is 8.70. The highest BCUT2D eigenvalue weighted by atomic mass is 16.4. The standard InChI is InChI=1S/C9H18N4O2/c10-7(13-15)5-9(2-3-9)6-12-4-1-8(11)14/h12,15H,1-6H2,(H2,10,13)(H2,11,14). The van der Waals surface area contributed by atoms with E-state index < -0.39 is 0 Å². The van der Waals surface area contributed by atoms with Gasteiger partial charge in [-0.15, -0.1) is 0 Å². The number of nitrogens with one attached hydrogen (secondary N) is 1. The Morgan fingerprint density at radius 2 is 2.13 bits per heavy atom. The van der Waals surface area contributed by atoms with Crippen molar-refractivity contribution in [3.63, 3.8) is 0 Å². The molecule has 0 atom stereocenters. The third-order valence-corrected chi connectivity index (χ3v) is 2.69. The Balaban J connectivity index is 2.17. The number of oxime groups is 1. The van der Waals surface area contributed by atoms with E-state index in [1.54, 1.807) is 0 Å². The Bertz CT molecular complexity index is 261. The lowest BCUT2D eigenvalue weighted by Gasteiger charge is -2.14. The van der Waals surface area contributed by atoms with E-state index in [4.69, 9.17) is 16.7 Å². The summed E-state index contributed by atoms with van der Waals surface area (Å²) in [6.45, 7) is 1.38. The smallest absolute Gasteiger partial charge is 0.218 e. The summed E-state index contributed by atoms with van der Waals surface area (Å²) < 4.78 is 0. The average molecular weight is 214 g/mol. The number of amides is 1. The molecule has 1 aliphatic carbocycles. The third kappa shape index (κ3) is 4.16. The summed E-state index contributed by atoms with van der Waals surface area (Å²) in [6, 6.07) is 0. The summed E-state index contributed by atoms with van der Waals surface area (Å²) in [5.41, 5.74) is 10.6. The fourth-order valence-electron chi connectivity index (χ4n) is 1.58. The van der Waals surface area contributed by atoms with E-state index >= 15 is 0 Å². The van der Waals surface area contributed by atoms with Crippen LogP contribution in [0, 0.1) is 5.41 Å². The van der Waals surface area contributed by atoms with E-state index in [0.717, 1.165) is 19.4 Å². The lowest BCUT2D eigenvalue weighted by atomic mass is 10.0. The van der Waals surface area contributed by atoms with Crippen molar-refractivity contribution in [1.29, 1.82) is 0 Å². The zero-order valence-corrected chi connectivity index (χ0v) is 8.70. The van der Waals surface area contributed by atoms with Crippen LogP contribution in [0.4, 0.5) is 0 Å². The van der Waals surface area contributed by atoms with E-state index in [-0.39, 0.29) is 17.2 Å². The minimum absolute atomic E-state index is 0.133. The van der Waals surface area contributed by atoms with E-state index in [0.29, 0.717) is 19.4 Å². The van der Waals surface area contributed by atoms with Gasteiger partial charge in [0.2, 0.25) is 5.91 Å². The van der Waals surface area contributed by atoms with Gasteiger partial charge in [0.25, 0.3) is 0 Å². The maximum Gasteiger partial charge on any atom is 0.218 e. The molecule has 0 saturated heterocycles. The van der Waals surface area contributed by atoms with Crippen LogP contribution in [0.1, 0.15) is 25.7 Å². The van der Waals surface area contributed by atoms with Crippen LogP contribution in [0.25, 0.3) is 0 Å². The summed E-state index contributed by atoms with van der Waals surface area (Å²) in [7, 11) is 0. The molecule has 86 valence electrons. The molecule has 6 nitrogen and oxygen atoms in total. The molecule has 0 aromatic carbocycles. The number of hydrogen-bond acceptors (Lipinski definition) is 4. The van der Waals surface area contributed by atoms with Crippen LogP contribution in [0.2, 0.25) is 0 Å². The molecule has 0 unspecified atom stereocenters. The Morgan fingerprint density at radius 3 is 2.60 bits per heavy atom. The molecule has 6 N–H and O–H groups in total. The van der Waals surface area contributed by atoms with Gasteiger partial charge in [-0.05, 0) is 18.3 Å². The zero-order chi connectivity index (χ0) is 11.3. The molecular weight excluding hydrogens is 196 g/mol. The van der Waals surface area contributed by atoms with Gasteiger partial charge in [-0.2, -0.15) is 0 Å². The van der Waals surface area contributed by atoms with E-state index in [9.17, 15) is 4.79 Å². The monoisotopic (exact) mass is 214 g/mol. The second kappa shape index (κ2) is 4.97. The van der Waals surface area contributed by atoms with Gasteiger partial charge in [0.1, 0.15) is 5.84 Å². The first-order valence-corrected chi connectivity index (χ1v) is 5.03. The lowest BCUT2D eigenvalue weighted by molar-refractivity contribution is -0.117. The van der Waals surface area contributed by atoms with Gasteiger partial charge in [-0.25, -0.2) is 0 Å². The van der Waals surface area contributed by atoms with Crippen LogP contribution in [-0.4, -0.2) is 30.0 Å². The quantitative estimate of drug-likeness (QED) is 0.148. The van der Waals surface area contributed by atoms with Crippen molar-refractivity contribution in [1.82, 2.24) is 5.32 Å². The van der Waals surface area contributed by atoms with Gasteiger partial charge in [-0.3, -0.25) is 4.79 Å². The second-order valence-electron chi connectivity index (χ2n) is 4.16. The van der Waals surface area contributed by atoms with Crippen LogP contribution in [0.15, 0.2) is 5.16 Å². The van der Waals surface area contributed by atoms with Crippen LogP contribution in [0.3, 0.4) is 0 Å². The fourth-order valence-corrected chi connectivity index (χ4v) is 1.58. The summed E-state index contributed by atoms with van der Waals surface area (Å²) in [6.07, 6.45) is 3.10. The molecule has 1 aliphatic rings. The van der Waals surface area contributed by atoms with Crippen LogP contribution in [0.5, 0.6) is 0 Å². The number of amidine groups is 1. The SMILES string of the molecule is NC(=O)CCNCC1(CC(N)=NO)CC1. The molecule has 0 aliphatic heterocycles. The molecule has 0 spiro atoms. The van der Waals surface area contributed by atoms with Crippen molar-refractivity contribution in [3.05, 3.63) is 0 Å². The molecule has 0 radical (unpaired) electrons. The maximum atomic E-state index is 10.5. The molecule has 0 bridgehead atoms. The number of nitrogens with two attached hydrogens (primary N) is 2. The van der Waals surface area contributed by atoms with Gasteiger partial charge in [-0.1, -0.05) is 5.16 Å². The van der Waals surface area contributed by atoms with Crippen LogP contribution in [-0.2, 0) is 4.79 Å². The van der Waals surface area contributed by atoms with Crippen molar-refractivity contribution in [3.8, 4) is 0 Å². The first-order valence-electron chi connectivity index (χ1n) is 5.03. The Hall–Kier alpha value is -1.30. The topological polar surface area (TPSA) is 114 Å². The molecule has 1 saturated carbocycles. The van der Waals surface area contributed by atoms with E-state index in [1.807, 2.05) is 0 Å². The Kier molecular flexibility index (Phi) is 3.90. The minimum Gasteiger partial charge on any atom is -0.409 e. The number of carbonyl (C=O) groups excluding carboxylic acids is 1. The number of carbonyl (C=O) groups is 1. The second-order valence-corrected chi connectivity index (χ2v) is 4.16. The van der Waals surface area contributed by atoms with Gasteiger partial charge in [0.15, 0.2) is 0 Å². The van der Waals surface area contributed by atoms with Crippen molar-refractivity contribution >= 4 is 11.7 Å². The molecule has 1 rings (SSSR count). The lowest BCUT2D eigenvalue weighted by Crippen LogP contribution is -2.30. The first kappa shape index (κ1) is 11.8. The van der Waals surface area contributed by atoms with E-state index in [2.05, 4.69) is 10.5 Å². The van der Waals surface area contributed by atoms with Gasteiger partial charge in [0, 0.05) is 25.9 Å². The van der Waals surface area contributed by atoms with Crippen molar-refractivity contribution < 1.29 is 10.0 Å². The molecule has 6 heteroatoms. The first-order chi connectivity index (χ1) is 7.08. The maximum absolute atomic E-state index is 10.5. The highest BCUT2D eigenvalue weighted by Crippen LogP contribution is 2.48. The molecule has 1 amide bonds. The fraction of sp³-hybridized carbons (Fsp3) is 0.778. The summed E-state index contributed by atoms with van der Waals surface area (Å²) in [5, 5.41) is 14.6. The number of primary amides is 1. The minimum atomic E-state index is -0.302. The van der Waals surface area contributed by atoms with Gasteiger partial charge < -0.3 is 22.0 Å². The van der Waals surface area contributed by atoms with E-state index in [1.165, 1.54) is 0 Å². The number of rotatable bonds is 7. The average Bonchev–Trinajstić information content (AvgIpc) is 2.93. The number of nitrogens with zero attached hydrogens (tertiary/aromatic N) is 1. The van der Waals surface area contributed by atoms with Gasteiger partial charge in [0.05, 0.1) is 0 Å². The normalized spacial score (nSPS) is 18.8. The molecule has 0 heterocycles. The third-order valence-electron chi connectivity index (χ3n) is 2.69. The highest BCUT2D eigenvalue weighted by Gasteiger charge is 2.42. The largest absolute Gasteiger partial charge is 0.409 e. The predicted molar refractivity (Wildman–Crippen MR) is 56.4 cm³/mol. The van der Waals surface area contributed by atoms with Crippen LogP contribution < -0.4 is 16.8 Å². The molecule has 0 aromatic heterocycles. The highest BCUT2D eigenvalue weighted by molar-refractivity contribution is 5.80. The molecule has 0 aromatic rings. The Morgan fingerprint density at radius 1 is 1.47 bits per heavy atom. The van der Waals surface area contributed by atoms with Crippen LogP contribution >= 0.6 is 0 Å². The summed E-state index contributed by atoms with van der Waals surface area (Å²) in [4.78, 5) is 10.5. The Labute approximate surface area is 88.7 Å². The number of hydrogen-bond donors (Lipinski definition) is 4. The van der Waals surface area contributed by atoms with Crippen molar-refractivity contribution in [2.45, 2.75) is 25.7 Å². The predicted octanol–water partition coefficient (Wildman–Crippen LogP) is -0.632. The van der Waals surface area contributed by atoms with Crippen molar-refractivity contribution in [2.75, 3.05) is 13.1 Å². The van der Waals surface area contributed by atoms with Gasteiger partial charge >= 0.3 is 0 Å². The summed E-state index contributed by atoms with van der Waals surface area (Å²) >= 11 is 0. The molecular formula is C9H18N4O2. The molecule has 1 fully saturated rings.